The highest BCUT2D eigenvalue weighted by Crippen LogP contribution is 2.51. The number of carbonyl (C=O) groups excluding carboxylic acids is 3. The van der Waals surface area contributed by atoms with E-state index in [1.165, 1.54) is 45.6 Å². The van der Waals surface area contributed by atoms with Crippen LogP contribution < -0.4 is 14.8 Å². The maximum absolute atomic E-state index is 13.7. The summed E-state index contributed by atoms with van der Waals surface area (Å²) in [5.41, 5.74) is 1.30. The number of methoxy groups -OCH3 is 1. The van der Waals surface area contributed by atoms with E-state index >= 15 is 0 Å². The van der Waals surface area contributed by atoms with Crippen LogP contribution in [0.4, 0.5) is 0 Å². The topological polar surface area (TPSA) is 125 Å². The molecule has 1 heterocycles. The first-order valence-corrected chi connectivity index (χ1v) is 15.9. The maximum atomic E-state index is 13.7. The molecule has 9 nitrogen and oxygen atoms in total. The molecule has 0 unspecified atom stereocenters. The second-order valence-electron chi connectivity index (χ2n) is 12.0. The molecular formula is C33H48N2O7. The fourth-order valence-electron chi connectivity index (χ4n) is 6.26. The average molecular weight is 585 g/mol. The zero-order valence-electron chi connectivity index (χ0n) is 25.2. The van der Waals surface area contributed by atoms with Crippen molar-refractivity contribution in [1.82, 2.24) is 10.2 Å². The van der Waals surface area contributed by atoms with Crippen molar-refractivity contribution in [3.05, 3.63) is 34.9 Å². The molecule has 0 saturated heterocycles. The molecular weight excluding hydrogens is 536 g/mol. The lowest BCUT2D eigenvalue weighted by atomic mass is 9.77. The number of nitrogens with zero attached hydrogens (tertiary/aromatic N) is 1. The monoisotopic (exact) mass is 584 g/mol. The Bertz CT molecular complexity index is 1120. The third kappa shape index (κ3) is 7.72. The highest BCUT2D eigenvalue weighted by Gasteiger charge is 2.51. The van der Waals surface area contributed by atoms with Crippen molar-refractivity contribution >= 4 is 18.1 Å². The summed E-state index contributed by atoms with van der Waals surface area (Å²) >= 11 is 0. The number of aliphatic hydroxyl groups excluding tert-OH is 2. The van der Waals surface area contributed by atoms with Gasteiger partial charge in [-0.2, -0.15) is 0 Å². The van der Waals surface area contributed by atoms with E-state index in [-0.39, 0.29) is 19.1 Å². The van der Waals surface area contributed by atoms with Crippen LogP contribution in [-0.2, 0) is 9.59 Å². The molecule has 1 aromatic carbocycles. The Morgan fingerprint density at radius 3 is 2.40 bits per heavy atom. The first-order valence-electron chi connectivity index (χ1n) is 15.9. The van der Waals surface area contributed by atoms with Crippen LogP contribution in [0.5, 0.6) is 11.5 Å². The summed E-state index contributed by atoms with van der Waals surface area (Å²) in [7, 11) is 1.47. The normalized spacial score (nSPS) is 22.4. The molecule has 1 fully saturated rings. The van der Waals surface area contributed by atoms with Gasteiger partial charge in [-0.05, 0) is 43.4 Å². The van der Waals surface area contributed by atoms with Crippen molar-refractivity contribution in [1.29, 1.82) is 0 Å². The van der Waals surface area contributed by atoms with E-state index in [2.05, 4.69) is 12.2 Å². The predicted molar refractivity (Wildman–Crippen MR) is 160 cm³/mol. The Hall–Kier alpha value is -2.91. The van der Waals surface area contributed by atoms with Gasteiger partial charge < -0.3 is 29.9 Å². The third-order valence-corrected chi connectivity index (χ3v) is 8.74. The van der Waals surface area contributed by atoms with Gasteiger partial charge in [0.05, 0.1) is 25.7 Å². The van der Waals surface area contributed by atoms with E-state index in [1.807, 2.05) is 0 Å². The fourth-order valence-corrected chi connectivity index (χ4v) is 6.26. The zero-order valence-corrected chi connectivity index (χ0v) is 25.2. The van der Waals surface area contributed by atoms with Crippen LogP contribution in [0.25, 0.3) is 0 Å². The van der Waals surface area contributed by atoms with E-state index in [0.29, 0.717) is 53.4 Å². The van der Waals surface area contributed by atoms with E-state index in [4.69, 9.17) is 9.47 Å². The Kier molecular flexibility index (Phi) is 11.8. The van der Waals surface area contributed by atoms with E-state index in [0.717, 1.165) is 32.1 Å². The SMILES string of the molecule is CCCCCCCCCCCC(=O)N(CC1CC1)[C@@H]1C=C(C(=O)NCCO)[C@@H]2c3cc(C=O)cc(OC)c3O[C@@H]2[C@H]1O. The van der Waals surface area contributed by atoms with Crippen LogP contribution in [0.1, 0.15) is 106 Å². The van der Waals surface area contributed by atoms with Crippen molar-refractivity contribution in [2.45, 2.75) is 108 Å². The third-order valence-electron chi connectivity index (χ3n) is 8.74. The molecule has 9 heteroatoms. The Morgan fingerprint density at radius 1 is 1.10 bits per heavy atom. The summed E-state index contributed by atoms with van der Waals surface area (Å²) in [5, 5.41) is 23.8. The van der Waals surface area contributed by atoms with Crippen LogP contribution in [0.15, 0.2) is 23.8 Å². The van der Waals surface area contributed by atoms with Crippen LogP contribution in [-0.4, -0.2) is 78.3 Å². The van der Waals surface area contributed by atoms with E-state index < -0.39 is 30.1 Å². The van der Waals surface area contributed by atoms with Gasteiger partial charge in [0.1, 0.15) is 18.5 Å². The highest BCUT2D eigenvalue weighted by molar-refractivity contribution is 5.96. The second-order valence-corrected chi connectivity index (χ2v) is 12.0. The number of amides is 2. The predicted octanol–water partition coefficient (Wildman–Crippen LogP) is 4.29. The lowest BCUT2D eigenvalue weighted by Gasteiger charge is -2.41. The molecule has 4 rings (SSSR count). The molecule has 3 N–H and O–H groups in total. The number of aliphatic hydroxyl groups is 2. The van der Waals surface area contributed by atoms with Crippen LogP contribution >= 0.6 is 0 Å². The Morgan fingerprint density at radius 2 is 1.79 bits per heavy atom. The molecule has 42 heavy (non-hydrogen) atoms. The van der Waals surface area contributed by atoms with Gasteiger partial charge in [-0.1, -0.05) is 58.3 Å². The first kappa shape index (κ1) is 32.0. The quantitative estimate of drug-likeness (QED) is 0.174. The smallest absolute Gasteiger partial charge is 0.247 e. The summed E-state index contributed by atoms with van der Waals surface area (Å²) in [4.78, 5) is 40.5. The van der Waals surface area contributed by atoms with Crippen LogP contribution in [0.2, 0.25) is 0 Å². The average Bonchev–Trinajstić information content (AvgIpc) is 3.74. The second kappa shape index (κ2) is 15.5. The van der Waals surface area contributed by atoms with Gasteiger partial charge in [-0.25, -0.2) is 0 Å². The van der Waals surface area contributed by atoms with Gasteiger partial charge in [0.2, 0.25) is 11.8 Å². The van der Waals surface area contributed by atoms with Crippen molar-refractivity contribution in [3.8, 4) is 11.5 Å². The lowest BCUT2D eigenvalue weighted by molar-refractivity contribution is -0.137. The van der Waals surface area contributed by atoms with Gasteiger partial charge in [-0.15, -0.1) is 0 Å². The lowest BCUT2D eigenvalue weighted by Crippen LogP contribution is -2.56. The van der Waals surface area contributed by atoms with Gasteiger partial charge in [0.15, 0.2) is 11.5 Å². The molecule has 2 aliphatic carbocycles. The Labute approximate surface area is 249 Å². The van der Waals surface area contributed by atoms with Crippen molar-refractivity contribution in [2.75, 3.05) is 26.8 Å². The molecule has 1 aliphatic heterocycles. The van der Waals surface area contributed by atoms with Crippen molar-refractivity contribution in [2.24, 2.45) is 5.92 Å². The van der Waals surface area contributed by atoms with Gasteiger partial charge in [-0.3, -0.25) is 14.4 Å². The first-order chi connectivity index (χ1) is 20.4. The molecule has 1 aromatic rings. The number of aldehydes is 1. The molecule has 2 amide bonds. The molecule has 0 bridgehead atoms. The minimum atomic E-state index is -1.09. The zero-order chi connectivity index (χ0) is 30.1. The van der Waals surface area contributed by atoms with Crippen LogP contribution in [0, 0.1) is 5.92 Å². The summed E-state index contributed by atoms with van der Waals surface area (Å²) in [6.07, 6.45) is 13.4. The maximum Gasteiger partial charge on any atom is 0.247 e. The number of carbonyl (C=O) groups is 3. The molecule has 4 atom stereocenters. The molecule has 232 valence electrons. The highest BCUT2D eigenvalue weighted by atomic mass is 16.5. The number of fused-ring (bicyclic) bond motifs is 3. The number of unbranched alkanes of at least 4 members (excludes halogenated alkanes) is 8. The van der Waals surface area contributed by atoms with Crippen LogP contribution in [0.3, 0.4) is 0 Å². The molecule has 0 radical (unpaired) electrons. The minimum Gasteiger partial charge on any atom is -0.493 e. The standard InChI is InChI=1S/C33H48N2O7/c1-3-4-5-6-7-8-9-10-11-12-28(38)35(20-22-13-14-22)26-19-25(33(40)34-15-16-36)29-24-17-23(21-37)18-27(41-2)31(24)42-32(29)30(26)39/h17-19,21-22,26,29-30,32,36,39H,3-16,20H2,1-2H3,(H,34,40)/t26-,29+,30+,32+/m1/s1. The number of rotatable bonds is 18. The van der Waals surface area contributed by atoms with E-state index in [1.54, 1.807) is 23.1 Å². The summed E-state index contributed by atoms with van der Waals surface area (Å²) < 4.78 is 11.8. The van der Waals surface area contributed by atoms with Gasteiger partial charge in [0.25, 0.3) is 0 Å². The number of nitrogens with one attached hydrogen (secondary N) is 1. The summed E-state index contributed by atoms with van der Waals surface area (Å²) in [5.74, 6) is 0.0381. The number of hydrogen-bond donors (Lipinski definition) is 3. The van der Waals surface area contributed by atoms with Crippen molar-refractivity contribution in [3.63, 3.8) is 0 Å². The van der Waals surface area contributed by atoms with Crippen molar-refractivity contribution < 1.29 is 34.1 Å². The largest absolute Gasteiger partial charge is 0.493 e. The number of hydrogen-bond acceptors (Lipinski definition) is 7. The van der Waals surface area contributed by atoms with Gasteiger partial charge >= 0.3 is 0 Å². The summed E-state index contributed by atoms with van der Waals surface area (Å²) in [6, 6.07) is 2.49. The summed E-state index contributed by atoms with van der Waals surface area (Å²) in [6.45, 7) is 2.59. The Balaban J connectivity index is 1.53. The fraction of sp³-hybridized carbons (Fsp3) is 0.667. The van der Waals surface area contributed by atoms with E-state index in [9.17, 15) is 24.6 Å². The molecule has 0 aromatic heterocycles. The molecule has 3 aliphatic rings. The number of ether oxygens (including phenoxy) is 2. The minimum absolute atomic E-state index is 0.0185. The van der Waals surface area contributed by atoms with Gasteiger partial charge in [0, 0.05) is 36.2 Å². The molecule has 1 saturated carbocycles. The molecule has 0 spiro atoms. The number of benzene rings is 1.